The van der Waals surface area contributed by atoms with Crippen LogP contribution in [0.15, 0.2) is 18.2 Å². The van der Waals surface area contributed by atoms with Gasteiger partial charge in [0.25, 0.3) is 5.91 Å². The third-order valence-electron chi connectivity index (χ3n) is 4.22. The average Bonchev–Trinajstić information content (AvgIpc) is 2.49. The van der Waals surface area contributed by atoms with Crippen molar-refractivity contribution >= 4 is 29.1 Å². The van der Waals surface area contributed by atoms with Gasteiger partial charge >= 0.3 is 0 Å². The summed E-state index contributed by atoms with van der Waals surface area (Å²) in [6, 6.07) is 3.57. The van der Waals surface area contributed by atoms with Crippen LogP contribution in [0.2, 0.25) is 5.02 Å². The molecule has 7 heteroatoms. The fraction of sp³-hybridized carbons (Fsp3) is 0.467. The van der Waals surface area contributed by atoms with Gasteiger partial charge in [-0.3, -0.25) is 9.59 Å². The summed E-state index contributed by atoms with van der Waals surface area (Å²) in [6.07, 6.45) is 1.39. The molecule has 0 aliphatic carbocycles. The lowest BCUT2D eigenvalue weighted by Gasteiger charge is -2.31. The SMILES string of the molecule is C[C@@H](C(=O)Nc1ccc(F)cc1Cl)[NH+]1CCC(C(N)=O)CC1. The largest absolute Gasteiger partial charge is 0.369 e. The van der Waals surface area contributed by atoms with Crippen molar-refractivity contribution in [1.82, 2.24) is 0 Å². The molecule has 0 unspecified atom stereocenters. The Morgan fingerprint density at radius 1 is 1.41 bits per heavy atom. The number of rotatable bonds is 4. The molecule has 0 spiro atoms. The van der Waals surface area contributed by atoms with Crippen molar-refractivity contribution in [2.75, 3.05) is 18.4 Å². The predicted molar refractivity (Wildman–Crippen MR) is 82.1 cm³/mol. The van der Waals surface area contributed by atoms with Crippen LogP contribution in [0.5, 0.6) is 0 Å². The number of piperidine rings is 1. The van der Waals surface area contributed by atoms with Crippen molar-refractivity contribution in [2.45, 2.75) is 25.8 Å². The number of quaternary nitrogens is 1. The van der Waals surface area contributed by atoms with E-state index < -0.39 is 5.82 Å². The van der Waals surface area contributed by atoms with Gasteiger partial charge in [-0.2, -0.15) is 0 Å². The number of primary amides is 1. The summed E-state index contributed by atoms with van der Waals surface area (Å²) in [5.41, 5.74) is 5.70. The minimum Gasteiger partial charge on any atom is -0.369 e. The highest BCUT2D eigenvalue weighted by molar-refractivity contribution is 6.33. The van der Waals surface area contributed by atoms with Crippen molar-refractivity contribution in [1.29, 1.82) is 0 Å². The van der Waals surface area contributed by atoms with Gasteiger partial charge in [0.1, 0.15) is 5.82 Å². The van der Waals surface area contributed by atoms with Crippen LogP contribution in [0.1, 0.15) is 19.8 Å². The van der Waals surface area contributed by atoms with E-state index in [-0.39, 0.29) is 28.8 Å². The van der Waals surface area contributed by atoms with Crippen molar-refractivity contribution in [3.63, 3.8) is 0 Å². The standard InChI is InChI=1S/C15H19ClFN3O2/c1-9(20-6-4-10(5-7-20)14(18)21)15(22)19-13-3-2-11(17)8-12(13)16/h2-3,8-10H,4-7H2,1H3,(H2,18,21)(H,19,22)/p+1/t9-/m0/s1. The van der Waals surface area contributed by atoms with Crippen LogP contribution < -0.4 is 16.0 Å². The van der Waals surface area contributed by atoms with Gasteiger partial charge in [0.05, 0.1) is 23.8 Å². The van der Waals surface area contributed by atoms with Crippen LogP contribution in [0.4, 0.5) is 10.1 Å². The molecule has 0 saturated carbocycles. The Balaban J connectivity index is 1.94. The monoisotopic (exact) mass is 328 g/mol. The molecule has 2 amide bonds. The smallest absolute Gasteiger partial charge is 0.282 e. The minimum atomic E-state index is -0.449. The van der Waals surface area contributed by atoms with Crippen LogP contribution in [0.25, 0.3) is 0 Å². The van der Waals surface area contributed by atoms with E-state index in [0.717, 1.165) is 24.1 Å². The highest BCUT2D eigenvalue weighted by Crippen LogP contribution is 2.22. The number of hydrogen-bond donors (Lipinski definition) is 3. The van der Waals surface area contributed by atoms with E-state index >= 15 is 0 Å². The third kappa shape index (κ3) is 3.96. The second kappa shape index (κ2) is 7.07. The first-order valence-corrected chi connectivity index (χ1v) is 7.66. The fourth-order valence-corrected chi connectivity index (χ4v) is 2.94. The summed E-state index contributed by atoms with van der Waals surface area (Å²) >= 11 is 5.91. The molecular weight excluding hydrogens is 309 g/mol. The van der Waals surface area contributed by atoms with Gasteiger partial charge in [0, 0.05) is 18.8 Å². The molecular formula is C15H20ClFN3O2+. The molecule has 22 heavy (non-hydrogen) atoms. The molecule has 1 fully saturated rings. The Morgan fingerprint density at radius 3 is 2.59 bits per heavy atom. The summed E-state index contributed by atoms with van der Waals surface area (Å²) in [4.78, 5) is 24.6. The van der Waals surface area contributed by atoms with Gasteiger partial charge in [-0.1, -0.05) is 11.6 Å². The summed E-state index contributed by atoms with van der Waals surface area (Å²) in [5.74, 6) is -0.990. The lowest BCUT2D eigenvalue weighted by atomic mass is 9.95. The number of nitrogens with two attached hydrogens (primary N) is 1. The summed E-state index contributed by atoms with van der Waals surface area (Å²) in [5, 5.41) is 2.89. The average molecular weight is 329 g/mol. The molecule has 1 heterocycles. The highest BCUT2D eigenvalue weighted by atomic mass is 35.5. The fourth-order valence-electron chi connectivity index (χ4n) is 2.72. The van der Waals surface area contributed by atoms with Gasteiger partial charge in [0.15, 0.2) is 6.04 Å². The molecule has 1 saturated heterocycles. The highest BCUT2D eigenvalue weighted by Gasteiger charge is 2.32. The van der Waals surface area contributed by atoms with Crippen molar-refractivity contribution < 1.29 is 18.9 Å². The maximum Gasteiger partial charge on any atom is 0.282 e. The topological polar surface area (TPSA) is 76.6 Å². The Kier molecular flexibility index (Phi) is 5.37. The van der Waals surface area contributed by atoms with Crippen LogP contribution in [-0.2, 0) is 9.59 Å². The molecule has 1 aromatic carbocycles. The molecule has 1 atom stereocenters. The molecule has 120 valence electrons. The molecule has 0 aromatic heterocycles. The number of carbonyl (C=O) groups is 2. The predicted octanol–water partition coefficient (Wildman–Crippen LogP) is 0.586. The van der Waals surface area contributed by atoms with Crippen LogP contribution in [0, 0.1) is 11.7 Å². The van der Waals surface area contributed by atoms with Crippen molar-refractivity contribution in [3.05, 3.63) is 29.0 Å². The Labute approximate surface area is 133 Å². The van der Waals surface area contributed by atoms with Gasteiger partial charge < -0.3 is 16.0 Å². The number of likely N-dealkylation sites (tertiary alicyclic amines) is 1. The Hall–Kier alpha value is -1.66. The Morgan fingerprint density at radius 2 is 2.05 bits per heavy atom. The van der Waals surface area contributed by atoms with E-state index in [2.05, 4.69) is 5.32 Å². The zero-order chi connectivity index (χ0) is 16.3. The quantitative estimate of drug-likeness (QED) is 0.756. The molecule has 1 aliphatic rings. The molecule has 0 bridgehead atoms. The van der Waals surface area contributed by atoms with Crippen molar-refractivity contribution in [2.24, 2.45) is 11.7 Å². The van der Waals surface area contributed by atoms with Crippen molar-refractivity contribution in [3.8, 4) is 0 Å². The zero-order valence-electron chi connectivity index (χ0n) is 12.4. The van der Waals surface area contributed by atoms with Crippen LogP contribution >= 0.6 is 11.6 Å². The van der Waals surface area contributed by atoms with Crippen LogP contribution in [0.3, 0.4) is 0 Å². The van der Waals surface area contributed by atoms with Gasteiger partial charge in [-0.25, -0.2) is 4.39 Å². The molecule has 1 aliphatic heterocycles. The Bertz CT molecular complexity index is 574. The van der Waals surface area contributed by atoms with Gasteiger partial charge in [0.2, 0.25) is 5.91 Å². The number of anilines is 1. The first-order chi connectivity index (χ1) is 10.4. The molecule has 2 rings (SSSR count). The summed E-state index contributed by atoms with van der Waals surface area (Å²) in [6.45, 7) is 3.27. The van der Waals surface area contributed by atoms with E-state index in [1.165, 1.54) is 12.1 Å². The lowest BCUT2D eigenvalue weighted by molar-refractivity contribution is -0.919. The first kappa shape index (κ1) is 16.7. The van der Waals surface area contributed by atoms with E-state index in [4.69, 9.17) is 17.3 Å². The van der Waals surface area contributed by atoms with Gasteiger partial charge in [-0.15, -0.1) is 0 Å². The number of halogens is 2. The second-order valence-electron chi connectivity index (χ2n) is 5.67. The van der Waals surface area contributed by atoms with E-state index in [1.807, 2.05) is 6.92 Å². The lowest BCUT2D eigenvalue weighted by Crippen LogP contribution is -3.17. The minimum absolute atomic E-state index is 0.0921. The number of benzene rings is 1. The number of hydrogen-bond acceptors (Lipinski definition) is 2. The molecule has 1 aromatic rings. The normalized spacial score (nSPS) is 22.9. The third-order valence-corrected chi connectivity index (χ3v) is 4.54. The second-order valence-corrected chi connectivity index (χ2v) is 6.08. The number of amides is 2. The maximum absolute atomic E-state index is 13.0. The van der Waals surface area contributed by atoms with Crippen LogP contribution in [-0.4, -0.2) is 30.9 Å². The molecule has 0 radical (unpaired) electrons. The summed E-state index contributed by atoms with van der Waals surface area (Å²) in [7, 11) is 0. The zero-order valence-corrected chi connectivity index (χ0v) is 13.1. The van der Waals surface area contributed by atoms with E-state index in [1.54, 1.807) is 0 Å². The number of nitrogens with one attached hydrogen (secondary N) is 2. The van der Waals surface area contributed by atoms with E-state index in [0.29, 0.717) is 18.5 Å². The maximum atomic E-state index is 13.0. The molecule has 5 nitrogen and oxygen atoms in total. The first-order valence-electron chi connectivity index (χ1n) is 7.28. The summed E-state index contributed by atoms with van der Waals surface area (Å²) < 4.78 is 13.0. The number of carbonyl (C=O) groups excluding carboxylic acids is 2. The molecule has 4 N–H and O–H groups in total. The van der Waals surface area contributed by atoms with E-state index in [9.17, 15) is 14.0 Å². The van der Waals surface area contributed by atoms with Gasteiger partial charge in [-0.05, 0) is 25.1 Å².